The van der Waals surface area contributed by atoms with Crippen LogP contribution in [0, 0.1) is 17.6 Å². The molecule has 0 saturated heterocycles. The Morgan fingerprint density at radius 1 is 0.680 bits per heavy atom. The highest BCUT2D eigenvalue weighted by molar-refractivity contribution is 5.83. The van der Waals surface area contributed by atoms with Gasteiger partial charge >= 0.3 is 0 Å². The first kappa shape index (κ1) is 41.0. The van der Waals surface area contributed by atoms with Crippen LogP contribution in [0.15, 0.2) is 41.4 Å². The molecule has 0 bridgehead atoms. The van der Waals surface area contributed by atoms with Gasteiger partial charge in [0.1, 0.15) is 22.9 Å². The molecule has 0 aromatic heterocycles. The molecule has 7 heteroatoms. The Hall–Kier alpha value is -3.45. The van der Waals surface area contributed by atoms with Crippen molar-refractivity contribution >= 4 is 6.21 Å². The van der Waals surface area contributed by atoms with Crippen molar-refractivity contribution in [3.8, 4) is 17.2 Å². The Labute approximate surface area is 300 Å². The summed E-state index contributed by atoms with van der Waals surface area (Å²) >= 11 is 0. The number of aliphatic hydroxyl groups is 1. The first-order chi connectivity index (χ1) is 22.7. The van der Waals surface area contributed by atoms with Crippen LogP contribution in [0.1, 0.15) is 142 Å². The van der Waals surface area contributed by atoms with Crippen LogP contribution in [-0.2, 0) is 27.3 Å². The van der Waals surface area contributed by atoms with Gasteiger partial charge in [0.15, 0.2) is 11.6 Å². The third kappa shape index (κ3) is 8.19. The SMILES string of the molecule is CCC(C)C(N=Cc1cc(F)cc(F)c1O)C(O)(c1cc(C(C)(C)C)c(OC)c(C(C)(C)C)c1)c1cc(C(C)(C)C)c(OC)c(C(C)(C)C)c1. The third-order valence-corrected chi connectivity index (χ3v) is 9.74. The van der Waals surface area contributed by atoms with Crippen LogP contribution >= 0.6 is 0 Å². The molecule has 0 radical (unpaired) electrons. The zero-order valence-corrected chi connectivity index (χ0v) is 33.3. The maximum absolute atomic E-state index is 14.5. The van der Waals surface area contributed by atoms with Gasteiger partial charge in [-0.05, 0) is 69.0 Å². The Balaban J connectivity index is 2.70. The number of nitrogens with zero attached hydrogens (tertiary/aromatic N) is 1. The average molecular weight is 694 g/mol. The largest absolute Gasteiger partial charge is 0.504 e. The molecule has 2 unspecified atom stereocenters. The van der Waals surface area contributed by atoms with Crippen LogP contribution in [0.2, 0.25) is 0 Å². The van der Waals surface area contributed by atoms with Crippen molar-refractivity contribution in [1.29, 1.82) is 0 Å². The van der Waals surface area contributed by atoms with Crippen LogP contribution in [0.5, 0.6) is 17.2 Å². The van der Waals surface area contributed by atoms with E-state index in [0.717, 1.165) is 39.8 Å². The van der Waals surface area contributed by atoms with Crippen molar-refractivity contribution in [2.24, 2.45) is 10.9 Å². The molecule has 3 aromatic rings. The number of hydrogen-bond acceptors (Lipinski definition) is 5. The molecule has 276 valence electrons. The lowest BCUT2D eigenvalue weighted by Crippen LogP contribution is -2.44. The second-order valence-corrected chi connectivity index (χ2v) is 17.9. The van der Waals surface area contributed by atoms with Gasteiger partial charge in [0.05, 0.1) is 20.3 Å². The number of hydrogen-bond donors (Lipinski definition) is 2. The van der Waals surface area contributed by atoms with Gasteiger partial charge in [-0.1, -0.05) is 103 Å². The fourth-order valence-electron chi connectivity index (χ4n) is 6.61. The summed E-state index contributed by atoms with van der Waals surface area (Å²) in [5.41, 5.74) is 1.61. The normalized spacial score (nSPS) is 14.6. The van der Waals surface area contributed by atoms with Crippen LogP contribution in [-0.4, -0.2) is 36.7 Å². The van der Waals surface area contributed by atoms with Crippen molar-refractivity contribution in [2.75, 3.05) is 14.2 Å². The number of halogens is 2. The predicted molar refractivity (Wildman–Crippen MR) is 203 cm³/mol. The molecule has 0 heterocycles. The number of phenolic OH excluding ortho intramolecular Hbond substituents is 1. The second-order valence-electron chi connectivity index (χ2n) is 17.9. The number of methoxy groups -OCH3 is 2. The minimum absolute atomic E-state index is 0.112. The molecule has 0 amide bonds. The molecule has 3 aromatic carbocycles. The van der Waals surface area contributed by atoms with Crippen molar-refractivity contribution in [2.45, 2.75) is 137 Å². The van der Waals surface area contributed by atoms with E-state index in [1.54, 1.807) is 14.2 Å². The zero-order valence-electron chi connectivity index (χ0n) is 33.3. The summed E-state index contributed by atoms with van der Waals surface area (Å²) in [5, 5.41) is 24.4. The summed E-state index contributed by atoms with van der Waals surface area (Å²) in [6.07, 6.45) is 1.91. The zero-order chi connectivity index (χ0) is 38.4. The highest BCUT2D eigenvalue weighted by Crippen LogP contribution is 2.49. The van der Waals surface area contributed by atoms with E-state index in [0.29, 0.717) is 23.6 Å². The standard InChI is InChI=1S/C43H61F2NO4/c1-17-25(2)38(46-24-26-18-29(44)23-34(45)35(26)47)43(48,27-19-30(39(3,4)5)36(49-15)31(20-27)40(6,7)8)28-21-32(41(9,10)11)37(50-16)33(22-28)42(12,13)14/h18-25,38,47-48H,17H2,1-16H3. The number of phenols is 1. The Morgan fingerprint density at radius 3 is 1.34 bits per heavy atom. The molecule has 0 spiro atoms. The highest BCUT2D eigenvalue weighted by Gasteiger charge is 2.46. The summed E-state index contributed by atoms with van der Waals surface area (Å²) in [6, 6.07) is 8.91. The monoisotopic (exact) mass is 693 g/mol. The fourth-order valence-corrected chi connectivity index (χ4v) is 6.61. The summed E-state index contributed by atoms with van der Waals surface area (Å²) in [7, 11) is 3.36. The number of aliphatic imine (C=N–C) groups is 1. The van der Waals surface area contributed by atoms with Gasteiger partial charge in [-0.3, -0.25) is 4.99 Å². The molecule has 5 nitrogen and oxygen atoms in total. The second kappa shape index (κ2) is 14.3. The van der Waals surface area contributed by atoms with E-state index in [9.17, 15) is 19.0 Å². The Kier molecular flexibility index (Phi) is 11.7. The van der Waals surface area contributed by atoms with Gasteiger partial charge < -0.3 is 19.7 Å². The molecule has 0 saturated carbocycles. The van der Waals surface area contributed by atoms with Crippen LogP contribution in [0.3, 0.4) is 0 Å². The molecule has 0 fully saturated rings. The Morgan fingerprint density at radius 2 is 1.04 bits per heavy atom. The van der Waals surface area contributed by atoms with E-state index in [2.05, 4.69) is 83.1 Å². The minimum atomic E-state index is -1.77. The van der Waals surface area contributed by atoms with Crippen LogP contribution in [0.4, 0.5) is 8.78 Å². The molecule has 50 heavy (non-hydrogen) atoms. The molecule has 2 N–H and O–H groups in total. The predicted octanol–water partition coefficient (Wildman–Crippen LogP) is 10.6. The van der Waals surface area contributed by atoms with E-state index < -0.39 is 29.0 Å². The molecular formula is C43H61F2NO4. The topological polar surface area (TPSA) is 71.3 Å². The minimum Gasteiger partial charge on any atom is -0.504 e. The van der Waals surface area contributed by atoms with Crippen molar-refractivity contribution in [3.63, 3.8) is 0 Å². The van der Waals surface area contributed by atoms with E-state index in [4.69, 9.17) is 14.5 Å². The average Bonchev–Trinajstić information content (AvgIpc) is 2.99. The van der Waals surface area contributed by atoms with Gasteiger partial charge in [0.2, 0.25) is 0 Å². The van der Waals surface area contributed by atoms with Crippen LogP contribution in [0.25, 0.3) is 0 Å². The van der Waals surface area contributed by atoms with Crippen molar-refractivity contribution in [1.82, 2.24) is 0 Å². The maximum Gasteiger partial charge on any atom is 0.168 e. The molecule has 0 aliphatic carbocycles. The first-order valence-electron chi connectivity index (χ1n) is 17.6. The summed E-state index contributed by atoms with van der Waals surface area (Å²) in [5.74, 6) is -1.32. The number of ether oxygens (including phenoxy) is 2. The molecule has 0 aliphatic heterocycles. The maximum atomic E-state index is 14.5. The highest BCUT2D eigenvalue weighted by atomic mass is 19.1. The third-order valence-electron chi connectivity index (χ3n) is 9.74. The van der Waals surface area contributed by atoms with Crippen molar-refractivity contribution in [3.05, 3.63) is 87.0 Å². The summed E-state index contributed by atoms with van der Waals surface area (Å²) < 4.78 is 41.1. The lowest BCUT2D eigenvalue weighted by Gasteiger charge is -2.42. The van der Waals surface area contributed by atoms with Crippen LogP contribution < -0.4 is 9.47 Å². The number of rotatable bonds is 9. The van der Waals surface area contributed by atoms with E-state index >= 15 is 0 Å². The first-order valence-corrected chi connectivity index (χ1v) is 17.6. The van der Waals surface area contributed by atoms with Gasteiger partial charge in [0.25, 0.3) is 0 Å². The molecule has 0 aliphatic rings. The molecule has 3 rings (SSSR count). The summed E-state index contributed by atoms with van der Waals surface area (Å²) in [6.45, 7) is 29.5. The van der Waals surface area contributed by atoms with E-state index in [1.807, 2.05) is 38.1 Å². The van der Waals surface area contributed by atoms with Gasteiger partial charge in [-0.15, -0.1) is 0 Å². The molecule has 2 atom stereocenters. The fraction of sp³-hybridized carbons (Fsp3) is 0.558. The lowest BCUT2D eigenvalue weighted by molar-refractivity contribution is 0.0324. The Bertz CT molecular complexity index is 1560. The summed E-state index contributed by atoms with van der Waals surface area (Å²) in [4.78, 5) is 4.95. The van der Waals surface area contributed by atoms with Gasteiger partial charge in [-0.2, -0.15) is 0 Å². The van der Waals surface area contributed by atoms with Gasteiger partial charge in [-0.25, -0.2) is 8.78 Å². The van der Waals surface area contributed by atoms with E-state index in [1.165, 1.54) is 6.21 Å². The quantitative estimate of drug-likeness (QED) is 0.219. The smallest absolute Gasteiger partial charge is 0.168 e. The number of benzene rings is 3. The lowest BCUT2D eigenvalue weighted by atomic mass is 9.68. The van der Waals surface area contributed by atoms with Gasteiger partial charge in [0, 0.05) is 40.1 Å². The van der Waals surface area contributed by atoms with E-state index in [-0.39, 0.29) is 33.1 Å². The number of aromatic hydroxyl groups is 1. The van der Waals surface area contributed by atoms with Crippen molar-refractivity contribution < 1.29 is 28.5 Å². The molecular weight excluding hydrogens is 632 g/mol.